The van der Waals surface area contributed by atoms with Gasteiger partial charge in [0.1, 0.15) is 0 Å². The maximum atomic E-state index is 5.84. The summed E-state index contributed by atoms with van der Waals surface area (Å²) in [5, 5.41) is 4.44. The standard InChI is InChI=1S/C23H25N5S/c29-23-26-21(19-11-4-6-14-25-19)22(28(23)18-9-1-2-10-18)20-12-7-15-27(20)16-17-8-3-5-13-24-17/h3-8,11-15,18,21-22H,1-2,9-10,16H2,(H,26,29)/t21-,22-/m0/s1. The summed E-state index contributed by atoms with van der Waals surface area (Å²) in [6.45, 7) is 0.750. The van der Waals surface area contributed by atoms with Crippen molar-refractivity contribution >= 4 is 17.3 Å². The van der Waals surface area contributed by atoms with Gasteiger partial charge in [-0.1, -0.05) is 25.0 Å². The number of thiocarbonyl (C=S) groups is 1. The molecule has 6 heteroatoms. The van der Waals surface area contributed by atoms with E-state index in [1.807, 2.05) is 30.6 Å². The van der Waals surface area contributed by atoms with Gasteiger partial charge in [-0.25, -0.2) is 0 Å². The topological polar surface area (TPSA) is 46.0 Å². The average molecular weight is 404 g/mol. The van der Waals surface area contributed by atoms with E-state index in [9.17, 15) is 0 Å². The van der Waals surface area contributed by atoms with Gasteiger partial charge in [-0.15, -0.1) is 0 Å². The first-order valence-electron chi connectivity index (χ1n) is 10.4. The minimum Gasteiger partial charge on any atom is -0.352 e. The van der Waals surface area contributed by atoms with E-state index >= 15 is 0 Å². The van der Waals surface area contributed by atoms with E-state index in [2.05, 4.69) is 61.3 Å². The van der Waals surface area contributed by atoms with Gasteiger partial charge in [0.05, 0.1) is 30.0 Å². The van der Waals surface area contributed by atoms with Crippen molar-refractivity contribution in [3.8, 4) is 0 Å². The molecule has 0 spiro atoms. The van der Waals surface area contributed by atoms with E-state index in [4.69, 9.17) is 12.2 Å². The normalized spacial score (nSPS) is 22.2. The fourth-order valence-corrected chi connectivity index (χ4v) is 5.15. The van der Waals surface area contributed by atoms with E-state index in [-0.39, 0.29) is 12.1 Å². The van der Waals surface area contributed by atoms with Gasteiger partial charge in [0.2, 0.25) is 0 Å². The highest BCUT2D eigenvalue weighted by atomic mass is 32.1. The molecule has 1 saturated carbocycles. The van der Waals surface area contributed by atoms with Crippen LogP contribution in [0, 0.1) is 0 Å². The van der Waals surface area contributed by atoms with Gasteiger partial charge in [-0.2, -0.15) is 0 Å². The molecule has 1 aliphatic heterocycles. The van der Waals surface area contributed by atoms with E-state index in [0.29, 0.717) is 6.04 Å². The Morgan fingerprint density at radius 3 is 2.48 bits per heavy atom. The maximum absolute atomic E-state index is 5.84. The molecule has 148 valence electrons. The summed E-state index contributed by atoms with van der Waals surface area (Å²) in [5.41, 5.74) is 3.34. The third kappa shape index (κ3) is 3.53. The molecule has 0 bridgehead atoms. The number of pyridine rings is 2. The van der Waals surface area contributed by atoms with Crippen LogP contribution in [0.3, 0.4) is 0 Å². The zero-order valence-corrected chi connectivity index (χ0v) is 17.1. The molecule has 0 radical (unpaired) electrons. The summed E-state index contributed by atoms with van der Waals surface area (Å²) in [7, 11) is 0. The number of nitrogens with zero attached hydrogens (tertiary/aromatic N) is 4. The molecule has 1 aliphatic carbocycles. The van der Waals surface area contributed by atoms with Crippen molar-refractivity contribution in [1.82, 2.24) is 24.8 Å². The Morgan fingerprint density at radius 2 is 1.76 bits per heavy atom. The lowest BCUT2D eigenvalue weighted by atomic mass is 9.99. The quantitative estimate of drug-likeness (QED) is 0.646. The lowest BCUT2D eigenvalue weighted by Crippen LogP contribution is -2.38. The van der Waals surface area contributed by atoms with Crippen LogP contribution in [0.15, 0.2) is 67.1 Å². The molecule has 3 aromatic rings. The van der Waals surface area contributed by atoms with Gasteiger partial charge in [0.25, 0.3) is 0 Å². The summed E-state index contributed by atoms with van der Waals surface area (Å²) in [4.78, 5) is 11.6. The van der Waals surface area contributed by atoms with Gasteiger partial charge >= 0.3 is 0 Å². The highest BCUT2D eigenvalue weighted by Crippen LogP contribution is 2.42. The Morgan fingerprint density at radius 1 is 0.966 bits per heavy atom. The zero-order valence-electron chi connectivity index (χ0n) is 16.3. The second-order valence-electron chi connectivity index (χ2n) is 7.85. The third-order valence-corrected chi connectivity index (χ3v) is 6.41. The first-order valence-corrected chi connectivity index (χ1v) is 10.8. The van der Waals surface area contributed by atoms with Crippen LogP contribution in [0.1, 0.15) is 54.8 Å². The van der Waals surface area contributed by atoms with Crippen molar-refractivity contribution in [1.29, 1.82) is 0 Å². The largest absolute Gasteiger partial charge is 0.352 e. The van der Waals surface area contributed by atoms with Gasteiger partial charge in [0.15, 0.2) is 5.11 Å². The molecule has 2 aliphatic rings. The van der Waals surface area contributed by atoms with Crippen LogP contribution in [-0.2, 0) is 6.54 Å². The number of hydrogen-bond donors (Lipinski definition) is 1. The van der Waals surface area contributed by atoms with Crippen LogP contribution in [0.5, 0.6) is 0 Å². The van der Waals surface area contributed by atoms with Crippen LogP contribution in [0.4, 0.5) is 0 Å². The molecule has 0 unspecified atom stereocenters. The zero-order chi connectivity index (χ0) is 19.6. The molecule has 5 rings (SSSR count). The first kappa shape index (κ1) is 18.3. The minimum absolute atomic E-state index is 0.0432. The number of hydrogen-bond acceptors (Lipinski definition) is 3. The Bertz CT molecular complexity index is 965. The van der Waals surface area contributed by atoms with Crippen molar-refractivity contribution in [2.75, 3.05) is 0 Å². The van der Waals surface area contributed by atoms with Crippen LogP contribution >= 0.6 is 12.2 Å². The second kappa shape index (κ2) is 7.95. The maximum Gasteiger partial charge on any atom is 0.170 e. The monoisotopic (exact) mass is 403 g/mol. The molecule has 29 heavy (non-hydrogen) atoms. The third-order valence-electron chi connectivity index (χ3n) is 6.08. The summed E-state index contributed by atoms with van der Waals surface area (Å²) >= 11 is 5.84. The van der Waals surface area contributed by atoms with Crippen molar-refractivity contribution in [3.63, 3.8) is 0 Å². The summed E-state index contributed by atoms with van der Waals surface area (Å²) in [6, 6.07) is 17.2. The molecule has 3 aromatic heterocycles. The molecule has 2 atom stereocenters. The fraction of sp³-hybridized carbons (Fsp3) is 0.348. The second-order valence-corrected chi connectivity index (χ2v) is 8.24. The Kier molecular flexibility index (Phi) is 5.02. The molecule has 0 aromatic carbocycles. The van der Waals surface area contributed by atoms with E-state index in [1.54, 1.807) is 0 Å². The summed E-state index contributed by atoms with van der Waals surface area (Å²) in [5.74, 6) is 0. The Labute approximate surface area is 176 Å². The Balaban J connectivity index is 1.55. The lowest BCUT2D eigenvalue weighted by molar-refractivity contribution is 0.237. The highest BCUT2D eigenvalue weighted by Gasteiger charge is 2.44. The summed E-state index contributed by atoms with van der Waals surface area (Å²) < 4.78 is 2.31. The van der Waals surface area contributed by atoms with E-state index in [0.717, 1.165) is 23.0 Å². The lowest BCUT2D eigenvalue weighted by Gasteiger charge is -2.33. The SMILES string of the molecule is S=C1N[C@@H](c2ccccn2)[C@H](c2cccn2Cc2ccccn2)N1C1CCCC1. The number of nitrogens with one attached hydrogen (secondary N) is 1. The summed E-state index contributed by atoms with van der Waals surface area (Å²) in [6.07, 6.45) is 10.8. The molecular formula is C23H25N5S. The van der Waals surface area contributed by atoms with E-state index in [1.165, 1.54) is 31.4 Å². The number of aromatic nitrogens is 3. The van der Waals surface area contributed by atoms with Crippen molar-refractivity contribution in [3.05, 3.63) is 84.2 Å². The molecular weight excluding hydrogens is 378 g/mol. The predicted molar refractivity (Wildman–Crippen MR) is 117 cm³/mol. The van der Waals surface area contributed by atoms with Crippen LogP contribution in [0.2, 0.25) is 0 Å². The van der Waals surface area contributed by atoms with Crippen LogP contribution in [0.25, 0.3) is 0 Å². The van der Waals surface area contributed by atoms with Gasteiger partial charge in [-0.3, -0.25) is 9.97 Å². The molecule has 1 saturated heterocycles. The molecule has 2 fully saturated rings. The molecule has 5 nitrogen and oxygen atoms in total. The molecule has 4 heterocycles. The minimum atomic E-state index is 0.0432. The fourth-order valence-electron chi connectivity index (χ4n) is 4.76. The van der Waals surface area contributed by atoms with Crippen LogP contribution < -0.4 is 5.32 Å². The van der Waals surface area contributed by atoms with Crippen molar-refractivity contribution < 1.29 is 0 Å². The van der Waals surface area contributed by atoms with Gasteiger partial charge in [-0.05, 0) is 61.5 Å². The van der Waals surface area contributed by atoms with Crippen LogP contribution in [-0.4, -0.2) is 30.6 Å². The van der Waals surface area contributed by atoms with Gasteiger partial charge < -0.3 is 14.8 Å². The molecule has 1 N–H and O–H groups in total. The Hall–Kier alpha value is -2.73. The first-order chi connectivity index (χ1) is 14.3. The smallest absolute Gasteiger partial charge is 0.170 e. The van der Waals surface area contributed by atoms with Crippen molar-refractivity contribution in [2.24, 2.45) is 0 Å². The average Bonchev–Trinajstić information content (AvgIpc) is 3.49. The predicted octanol–water partition coefficient (Wildman–Crippen LogP) is 4.24. The van der Waals surface area contributed by atoms with E-state index < -0.39 is 0 Å². The molecule has 0 amide bonds. The van der Waals surface area contributed by atoms with Gasteiger partial charge in [0, 0.05) is 30.3 Å². The highest BCUT2D eigenvalue weighted by molar-refractivity contribution is 7.80. The van der Waals surface area contributed by atoms with Crippen molar-refractivity contribution in [2.45, 2.75) is 50.4 Å². The number of rotatable bonds is 5.